The van der Waals surface area contributed by atoms with E-state index in [1.807, 2.05) is 68.6 Å². The number of benzene rings is 2. The number of carbonyl (C=O) groups excluding carboxylic acids is 1. The summed E-state index contributed by atoms with van der Waals surface area (Å²) in [5.74, 6) is -0.171. The van der Waals surface area contributed by atoms with Gasteiger partial charge >= 0.3 is 0 Å². The molecule has 1 aromatic heterocycles. The van der Waals surface area contributed by atoms with E-state index in [1.165, 1.54) is 0 Å². The smallest absolute Gasteiger partial charge is 0.295 e. The van der Waals surface area contributed by atoms with Crippen LogP contribution in [0.5, 0.6) is 0 Å². The maximum Gasteiger partial charge on any atom is 0.295 e. The highest BCUT2D eigenvalue weighted by Crippen LogP contribution is 2.18. The highest BCUT2D eigenvalue weighted by molar-refractivity contribution is 6.31. The molecule has 1 N–H and O–H groups in total. The molecule has 0 radical (unpaired) electrons. The molecule has 3 aromatic rings. The van der Waals surface area contributed by atoms with Crippen LogP contribution in [0.3, 0.4) is 0 Å². The number of amides is 1. The van der Waals surface area contributed by atoms with Crippen molar-refractivity contribution in [2.45, 2.75) is 13.5 Å². The number of para-hydroxylation sites is 1. The minimum atomic E-state index is -0.228. The van der Waals surface area contributed by atoms with Crippen molar-refractivity contribution in [1.82, 2.24) is 19.2 Å². The zero-order chi connectivity index (χ0) is 22.7. The third kappa shape index (κ3) is 4.80. The number of hydrogen-bond donors (Lipinski definition) is 1. The summed E-state index contributed by atoms with van der Waals surface area (Å²) in [6.07, 6.45) is 0. The van der Waals surface area contributed by atoms with Crippen molar-refractivity contribution < 1.29 is 4.79 Å². The Morgan fingerprint density at radius 1 is 0.969 bits per heavy atom. The molecule has 1 amide bonds. The van der Waals surface area contributed by atoms with Crippen molar-refractivity contribution in [3.8, 4) is 5.69 Å². The first kappa shape index (κ1) is 22.3. The predicted octanol–water partition coefficient (Wildman–Crippen LogP) is 2.89. The van der Waals surface area contributed by atoms with Gasteiger partial charge in [0.1, 0.15) is 5.69 Å². The first-order chi connectivity index (χ1) is 15.4. The van der Waals surface area contributed by atoms with Crippen LogP contribution in [0.1, 0.15) is 11.3 Å². The average molecular weight is 454 g/mol. The molecule has 4 rings (SSSR count). The minimum absolute atomic E-state index is 0.171. The van der Waals surface area contributed by atoms with Gasteiger partial charge in [-0.3, -0.25) is 24.1 Å². The quantitative estimate of drug-likeness (QED) is 0.623. The first-order valence-corrected chi connectivity index (χ1v) is 11.1. The molecule has 8 heteroatoms. The summed E-state index contributed by atoms with van der Waals surface area (Å²) in [5.41, 5.74) is 2.71. The summed E-state index contributed by atoms with van der Waals surface area (Å²) in [5, 5.41) is 3.64. The zero-order valence-electron chi connectivity index (χ0n) is 18.4. The molecule has 2 aromatic carbocycles. The molecule has 7 nitrogen and oxygen atoms in total. The molecule has 1 saturated heterocycles. The molecule has 0 saturated carbocycles. The number of halogens is 1. The van der Waals surface area contributed by atoms with Gasteiger partial charge in [0.2, 0.25) is 5.91 Å². The second-order valence-corrected chi connectivity index (χ2v) is 8.54. The Morgan fingerprint density at radius 2 is 1.59 bits per heavy atom. The van der Waals surface area contributed by atoms with Gasteiger partial charge in [-0.1, -0.05) is 48.0 Å². The summed E-state index contributed by atoms with van der Waals surface area (Å²) in [4.78, 5) is 30.2. The molecular formula is C24H28ClN5O2. The predicted molar refractivity (Wildman–Crippen MR) is 128 cm³/mol. The Morgan fingerprint density at radius 3 is 2.28 bits per heavy atom. The summed E-state index contributed by atoms with van der Waals surface area (Å²) in [7, 11) is 1.82. The van der Waals surface area contributed by atoms with Crippen molar-refractivity contribution in [2.24, 2.45) is 7.05 Å². The Kier molecular flexibility index (Phi) is 6.79. The lowest BCUT2D eigenvalue weighted by atomic mass is 10.2. The number of hydrogen-bond acceptors (Lipinski definition) is 4. The SMILES string of the molecule is Cc1c(NC(=O)CN2CCN(Cc3ccccc3Cl)CC2)c(=O)n(-c2ccccc2)n1C. The fraction of sp³-hybridized carbons (Fsp3) is 0.333. The van der Waals surface area contributed by atoms with E-state index in [2.05, 4.69) is 15.1 Å². The second-order valence-electron chi connectivity index (χ2n) is 8.13. The van der Waals surface area contributed by atoms with E-state index < -0.39 is 0 Å². The minimum Gasteiger partial charge on any atom is -0.319 e. The number of carbonyl (C=O) groups is 1. The lowest BCUT2D eigenvalue weighted by molar-refractivity contribution is -0.117. The van der Waals surface area contributed by atoms with Crippen LogP contribution in [0.15, 0.2) is 59.4 Å². The number of anilines is 1. The van der Waals surface area contributed by atoms with E-state index in [-0.39, 0.29) is 18.0 Å². The van der Waals surface area contributed by atoms with Gasteiger partial charge in [0.05, 0.1) is 17.9 Å². The Bertz CT molecular complexity index is 1150. The summed E-state index contributed by atoms with van der Waals surface area (Å²) >= 11 is 6.28. The maximum atomic E-state index is 13.0. The van der Waals surface area contributed by atoms with E-state index in [0.717, 1.165) is 54.7 Å². The Balaban J connectivity index is 1.35. The van der Waals surface area contributed by atoms with E-state index in [9.17, 15) is 9.59 Å². The third-order valence-corrected chi connectivity index (χ3v) is 6.37. The van der Waals surface area contributed by atoms with Crippen LogP contribution in [0, 0.1) is 6.92 Å². The normalized spacial score (nSPS) is 15.1. The molecule has 2 heterocycles. The highest BCUT2D eigenvalue weighted by atomic mass is 35.5. The van der Waals surface area contributed by atoms with Crippen molar-refractivity contribution >= 4 is 23.2 Å². The molecule has 0 atom stereocenters. The lowest BCUT2D eigenvalue weighted by Crippen LogP contribution is -2.48. The molecule has 0 aliphatic carbocycles. The maximum absolute atomic E-state index is 13.0. The van der Waals surface area contributed by atoms with Crippen LogP contribution in [0.2, 0.25) is 5.02 Å². The van der Waals surface area contributed by atoms with Crippen LogP contribution in [-0.2, 0) is 18.4 Å². The van der Waals surface area contributed by atoms with Gasteiger partial charge in [0.25, 0.3) is 5.56 Å². The second kappa shape index (κ2) is 9.73. The first-order valence-electron chi connectivity index (χ1n) is 10.8. The number of aromatic nitrogens is 2. The van der Waals surface area contributed by atoms with Gasteiger partial charge in [-0.05, 0) is 30.7 Å². The molecule has 1 aliphatic heterocycles. The summed E-state index contributed by atoms with van der Waals surface area (Å²) < 4.78 is 3.33. The average Bonchev–Trinajstić information content (AvgIpc) is 3.00. The van der Waals surface area contributed by atoms with Crippen LogP contribution < -0.4 is 10.9 Å². The van der Waals surface area contributed by atoms with Crippen LogP contribution >= 0.6 is 11.6 Å². The molecule has 1 aliphatic rings. The summed E-state index contributed by atoms with van der Waals surface area (Å²) in [6.45, 7) is 6.22. The monoisotopic (exact) mass is 453 g/mol. The molecule has 0 spiro atoms. The van der Waals surface area contributed by atoms with Gasteiger partial charge in [0, 0.05) is 44.8 Å². The largest absolute Gasteiger partial charge is 0.319 e. The van der Waals surface area contributed by atoms with E-state index >= 15 is 0 Å². The highest BCUT2D eigenvalue weighted by Gasteiger charge is 2.22. The molecule has 1 fully saturated rings. The summed E-state index contributed by atoms with van der Waals surface area (Å²) in [6, 6.07) is 17.3. The van der Waals surface area contributed by atoms with Gasteiger partial charge in [0.15, 0.2) is 0 Å². The van der Waals surface area contributed by atoms with Gasteiger partial charge in [-0.2, -0.15) is 0 Å². The van der Waals surface area contributed by atoms with E-state index in [4.69, 9.17) is 11.6 Å². The van der Waals surface area contributed by atoms with Gasteiger partial charge in [-0.15, -0.1) is 0 Å². The van der Waals surface area contributed by atoms with Crippen molar-refractivity contribution in [2.75, 3.05) is 38.0 Å². The number of nitrogens with one attached hydrogen (secondary N) is 1. The Labute approximate surface area is 192 Å². The van der Waals surface area contributed by atoms with Crippen LogP contribution in [0.4, 0.5) is 5.69 Å². The van der Waals surface area contributed by atoms with Gasteiger partial charge < -0.3 is 5.32 Å². The molecular weight excluding hydrogens is 426 g/mol. The van der Waals surface area contributed by atoms with Crippen LogP contribution in [0.25, 0.3) is 5.69 Å². The van der Waals surface area contributed by atoms with E-state index in [1.54, 1.807) is 9.36 Å². The van der Waals surface area contributed by atoms with Crippen molar-refractivity contribution in [3.63, 3.8) is 0 Å². The van der Waals surface area contributed by atoms with Crippen molar-refractivity contribution in [3.05, 3.63) is 81.2 Å². The van der Waals surface area contributed by atoms with E-state index in [0.29, 0.717) is 5.69 Å². The molecule has 168 valence electrons. The zero-order valence-corrected chi connectivity index (χ0v) is 19.2. The number of rotatable bonds is 6. The fourth-order valence-corrected chi connectivity index (χ4v) is 4.26. The Hall–Kier alpha value is -2.87. The van der Waals surface area contributed by atoms with Gasteiger partial charge in [-0.25, -0.2) is 4.68 Å². The molecule has 0 unspecified atom stereocenters. The van der Waals surface area contributed by atoms with Crippen molar-refractivity contribution in [1.29, 1.82) is 0 Å². The molecule has 32 heavy (non-hydrogen) atoms. The number of piperazine rings is 1. The topological polar surface area (TPSA) is 62.5 Å². The standard InChI is InChI=1S/C24H28ClN5O2/c1-18-23(24(32)30(27(18)2)20-9-4-3-5-10-20)26-22(31)17-29-14-12-28(13-15-29)16-19-8-6-7-11-21(19)25/h3-11H,12-17H2,1-2H3,(H,26,31). The van der Waals surface area contributed by atoms with Crippen LogP contribution in [-0.4, -0.2) is 57.8 Å². The third-order valence-electron chi connectivity index (χ3n) is 6.00. The molecule has 0 bridgehead atoms. The fourth-order valence-electron chi connectivity index (χ4n) is 4.07. The lowest BCUT2D eigenvalue weighted by Gasteiger charge is -2.34. The number of nitrogens with zero attached hydrogens (tertiary/aromatic N) is 4.